The molecule has 2 heterocycles. The van der Waals surface area contributed by atoms with Gasteiger partial charge in [0, 0.05) is 26.2 Å². The second-order valence-corrected chi connectivity index (χ2v) is 8.14. The fourth-order valence-corrected chi connectivity index (χ4v) is 4.00. The van der Waals surface area contributed by atoms with E-state index in [1.54, 1.807) is 0 Å². The molecule has 0 spiro atoms. The van der Waals surface area contributed by atoms with E-state index in [-0.39, 0.29) is 18.1 Å². The number of piperazine rings is 1. The Labute approximate surface area is 169 Å². The smallest absolute Gasteiger partial charge is 0.298 e. The Morgan fingerprint density at radius 2 is 1.93 bits per heavy atom. The minimum atomic E-state index is -0.172. The van der Waals surface area contributed by atoms with Crippen LogP contribution in [0.1, 0.15) is 35.4 Å². The third-order valence-electron chi connectivity index (χ3n) is 5.87. The van der Waals surface area contributed by atoms with Crippen LogP contribution in [0.25, 0.3) is 11.1 Å². The van der Waals surface area contributed by atoms with Crippen molar-refractivity contribution in [2.75, 3.05) is 31.1 Å². The molecule has 1 aromatic heterocycles. The number of nitrogens with zero attached hydrogens (tertiary/aromatic N) is 3. The molecular weight excluding hydrogens is 369 g/mol. The van der Waals surface area contributed by atoms with Crippen molar-refractivity contribution in [1.29, 1.82) is 0 Å². The van der Waals surface area contributed by atoms with Crippen molar-refractivity contribution in [1.82, 2.24) is 9.88 Å². The Kier molecular flexibility index (Phi) is 4.49. The van der Waals surface area contributed by atoms with E-state index >= 15 is 0 Å². The summed E-state index contributed by atoms with van der Waals surface area (Å²) in [5.74, 6) is 0.244. The molecule has 0 unspecified atom stereocenters. The van der Waals surface area contributed by atoms with E-state index in [0.717, 1.165) is 40.6 Å². The highest BCUT2D eigenvalue weighted by Gasteiger charge is 2.27. The summed E-state index contributed by atoms with van der Waals surface area (Å²) in [5, 5.41) is 0. The van der Waals surface area contributed by atoms with Gasteiger partial charge < -0.3 is 14.2 Å². The van der Waals surface area contributed by atoms with Gasteiger partial charge in [-0.25, -0.2) is 4.39 Å². The maximum Gasteiger partial charge on any atom is 0.298 e. The molecule has 2 fully saturated rings. The SMILES string of the molecule is Cc1ccc2oc(N3CCN(C(=O)Cc4ccc(C5CC5)c(F)c4)CC3)nc2c1. The first-order chi connectivity index (χ1) is 14.1. The number of anilines is 1. The van der Waals surface area contributed by atoms with Gasteiger partial charge >= 0.3 is 0 Å². The number of aromatic nitrogens is 1. The summed E-state index contributed by atoms with van der Waals surface area (Å²) in [4.78, 5) is 21.2. The molecule has 5 rings (SSSR count). The molecule has 1 saturated carbocycles. The summed E-state index contributed by atoms with van der Waals surface area (Å²) in [5.41, 5.74) is 4.32. The van der Waals surface area contributed by atoms with Crippen molar-refractivity contribution in [3.63, 3.8) is 0 Å². The van der Waals surface area contributed by atoms with Crippen molar-refractivity contribution < 1.29 is 13.6 Å². The van der Waals surface area contributed by atoms with Gasteiger partial charge in [0.05, 0.1) is 6.42 Å². The molecule has 0 N–H and O–H groups in total. The van der Waals surface area contributed by atoms with Crippen LogP contribution in [-0.2, 0) is 11.2 Å². The molecule has 150 valence electrons. The van der Waals surface area contributed by atoms with Crippen molar-refractivity contribution in [3.05, 3.63) is 58.9 Å². The van der Waals surface area contributed by atoms with Gasteiger partial charge in [0.15, 0.2) is 5.58 Å². The van der Waals surface area contributed by atoms with Gasteiger partial charge in [0.25, 0.3) is 6.01 Å². The number of aryl methyl sites for hydroxylation is 1. The quantitative estimate of drug-likeness (QED) is 0.671. The van der Waals surface area contributed by atoms with Crippen molar-refractivity contribution in [3.8, 4) is 0 Å². The fourth-order valence-electron chi connectivity index (χ4n) is 4.00. The zero-order valence-corrected chi connectivity index (χ0v) is 16.5. The Hall–Kier alpha value is -2.89. The molecule has 0 radical (unpaired) electrons. The molecular formula is C23H24FN3O2. The lowest BCUT2D eigenvalue weighted by Gasteiger charge is -2.33. The first kappa shape index (κ1) is 18.2. The average molecular weight is 393 g/mol. The number of fused-ring (bicyclic) bond motifs is 1. The fraction of sp³-hybridized carbons (Fsp3) is 0.391. The first-order valence-electron chi connectivity index (χ1n) is 10.2. The lowest BCUT2D eigenvalue weighted by atomic mass is 10.0. The molecule has 29 heavy (non-hydrogen) atoms. The van der Waals surface area contributed by atoms with Crippen LogP contribution in [0.3, 0.4) is 0 Å². The average Bonchev–Trinajstić information content (AvgIpc) is 3.46. The van der Waals surface area contributed by atoms with E-state index in [1.807, 2.05) is 42.2 Å². The predicted octanol–water partition coefficient (Wildman–Crippen LogP) is 4.04. The number of amides is 1. The van der Waals surface area contributed by atoms with E-state index in [9.17, 15) is 9.18 Å². The molecule has 0 atom stereocenters. The number of hydrogen-bond acceptors (Lipinski definition) is 4. The maximum absolute atomic E-state index is 14.2. The van der Waals surface area contributed by atoms with E-state index in [1.165, 1.54) is 6.07 Å². The number of carbonyl (C=O) groups is 1. The molecule has 5 nitrogen and oxygen atoms in total. The van der Waals surface area contributed by atoms with E-state index in [4.69, 9.17) is 4.42 Å². The zero-order valence-electron chi connectivity index (χ0n) is 16.5. The first-order valence-corrected chi connectivity index (χ1v) is 10.2. The zero-order chi connectivity index (χ0) is 20.0. The Morgan fingerprint density at radius 1 is 1.14 bits per heavy atom. The van der Waals surface area contributed by atoms with Crippen LogP contribution >= 0.6 is 0 Å². The van der Waals surface area contributed by atoms with Gasteiger partial charge in [-0.1, -0.05) is 18.2 Å². The number of halogens is 1. The number of carbonyl (C=O) groups excluding carboxylic acids is 1. The molecule has 1 saturated heterocycles. The Bertz CT molecular complexity index is 1070. The van der Waals surface area contributed by atoms with Crippen LogP contribution < -0.4 is 4.90 Å². The van der Waals surface area contributed by atoms with Crippen LogP contribution in [0.4, 0.5) is 10.4 Å². The molecule has 2 aromatic carbocycles. The molecule has 0 bridgehead atoms. The number of benzene rings is 2. The Balaban J connectivity index is 1.20. The van der Waals surface area contributed by atoms with Gasteiger partial charge in [0.1, 0.15) is 11.3 Å². The number of hydrogen-bond donors (Lipinski definition) is 0. The maximum atomic E-state index is 14.2. The molecule has 2 aliphatic rings. The summed E-state index contributed by atoms with van der Waals surface area (Å²) < 4.78 is 20.1. The summed E-state index contributed by atoms with van der Waals surface area (Å²) in [6.45, 7) is 4.60. The van der Waals surface area contributed by atoms with E-state index in [2.05, 4.69) is 9.88 Å². The lowest BCUT2D eigenvalue weighted by Crippen LogP contribution is -2.49. The van der Waals surface area contributed by atoms with Gasteiger partial charge in [-0.05, 0) is 60.6 Å². The predicted molar refractivity (Wildman–Crippen MR) is 110 cm³/mol. The monoisotopic (exact) mass is 393 g/mol. The van der Waals surface area contributed by atoms with Crippen molar-refractivity contribution in [2.45, 2.75) is 32.1 Å². The molecule has 1 aliphatic carbocycles. The van der Waals surface area contributed by atoms with Crippen LogP contribution in [-0.4, -0.2) is 42.0 Å². The highest BCUT2D eigenvalue weighted by atomic mass is 19.1. The second kappa shape index (κ2) is 7.17. The largest absolute Gasteiger partial charge is 0.423 e. The molecule has 1 aliphatic heterocycles. The summed E-state index contributed by atoms with van der Waals surface area (Å²) in [6.07, 6.45) is 2.38. The van der Waals surface area contributed by atoms with Gasteiger partial charge in [-0.2, -0.15) is 4.98 Å². The molecule has 1 amide bonds. The topological polar surface area (TPSA) is 49.6 Å². The van der Waals surface area contributed by atoms with Crippen LogP contribution in [0, 0.1) is 12.7 Å². The van der Waals surface area contributed by atoms with Crippen LogP contribution in [0.5, 0.6) is 0 Å². The van der Waals surface area contributed by atoms with Crippen LogP contribution in [0.2, 0.25) is 0 Å². The number of oxazole rings is 1. The standard InChI is InChI=1S/C23H24FN3O2/c1-15-2-7-21-20(12-15)25-23(29-21)27-10-8-26(9-11-27)22(28)14-16-3-6-18(17-4-5-17)19(24)13-16/h2-3,6-7,12-13,17H,4-5,8-11,14H2,1H3. The molecule has 3 aromatic rings. The Morgan fingerprint density at radius 3 is 2.66 bits per heavy atom. The third-order valence-corrected chi connectivity index (χ3v) is 5.87. The third kappa shape index (κ3) is 3.71. The van der Waals surface area contributed by atoms with Crippen molar-refractivity contribution >= 4 is 23.0 Å². The van der Waals surface area contributed by atoms with E-state index < -0.39 is 0 Å². The van der Waals surface area contributed by atoms with E-state index in [0.29, 0.717) is 38.1 Å². The molecule has 6 heteroatoms. The van der Waals surface area contributed by atoms with Gasteiger partial charge in [-0.15, -0.1) is 0 Å². The van der Waals surface area contributed by atoms with Gasteiger partial charge in [-0.3, -0.25) is 4.79 Å². The summed E-state index contributed by atoms with van der Waals surface area (Å²) >= 11 is 0. The van der Waals surface area contributed by atoms with Gasteiger partial charge in [0.2, 0.25) is 5.91 Å². The minimum Gasteiger partial charge on any atom is -0.423 e. The minimum absolute atomic E-state index is 0.0383. The number of rotatable bonds is 4. The van der Waals surface area contributed by atoms with Crippen molar-refractivity contribution in [2.24, 2.45) is 0 Å². The normalized spacial score (nSPS) is 17.2. The summed E-state index contributed by atoms with van der Waals surface area (Å²) in [6, 6.07) is 11.8. The highest BCUT2D eigenvalue weighted by molar-refractivity contribution is 5.79. The lowest BCUT2D eigenvalue weighted by molar-refractivity contribution is -0.130. The highest BCUT2D eigenvalue weighted by Crippen LogP contribution is 2.41. The van der Waals surface area contributed by atoms with Crippen LogP contribution in [0.15, 0.2) is 40.8 Å². The summed E-state index contributed by atoms with van der Waals surface area (Å²) in [7, 11) is 0. The second-order valence-electron chi connectivity index (χ2n) is 8.14.